The highest BCUT2D eigenvalue weighted by atomic mass is 19.1. The minimum atomic E-state index is -0.764. The molecule has 3 aromatic rings. The van der Waals surface area contributed by atoms with Crippen LogP contribution >= 0.6 is 0 Å². The molecule has 0 aliphatic heterocycles. The summed E-state index contributed by atoms with van der Waals surface area (Å²) in [4.78, 5) is 12.9. The summed E-state index contributed by atoms with van der Waals surface area (Å²) in [5.41, 5.74) is 0.646. The maximum atomic E-state index is 14.0. The highest BCUT2D eigenvalue weighted by Crippen LogP contribution is 2.49. The highest BCUT2D eigenvalue weighted by Gasteiger charge is 2.54. The Labute approximate surface area is 161 Å². The Morgan fingerprint density at radius 3 is 2.54 bits per heavy atom. The predicted molar refractivity (Wildman–Crippen MR) is 101 cm³/mol. The molecule has 0 bridgehead atoms. The summed E-state index contributed by atoms with van der Waals surface area (Å²) in [6, 6.07) is 13.1. The summed E-state index contributed by atoms with van der Waals surface area (Å²) >= 11 is 0. The third-order valence-electron chi connectivity index (χ3n) is 4.97. The van der Waals surface area contributed by atoms with Gasteiger partial charge in [0.15, 0.2) is 17.3 Å². The normalized spacial score (nSPS) is 14.4. The summed E-state index contributed by atoms with van der Waals surface area (Å²) in [5, 5.41) is 6.94. The van der Waals surface area contributed by atoms with Gasteiger partial charge in [-0.25, -0.2) is 4.39 Å². The molecule has 1 heterocycles. The molecule has 0 spiro atoms. The molecule has 4 rings (SSSR count). The van der Waals surface area contributed by atoms with Crippen molar-refractivity contribution in [3.63, 3.8) is 0 Å². The van der Waals surface area contributed by atoms with Crippen molar-refractivity contribution in [2.24, 2.45) is 0 Å². The van der Waals surface area contributed by atoms with E-state index in [1.807, 2.05) is 0 Å². The van der Waals surface area contributed by atoms with Crippen molar-refractivity contribution in [1.29, 1.82) is 0 Å². The largest absolute Gasteiger partial charge is 0.493 e. The number of rotatable bonds is 6. The number of carbonyl (C=O) groups excluding carboxylic acids is 1. The van der Waals surface area contributed by atoms with Gasteiger partial charge in [-0.2, -0.15) is 0 Å². The Kier molecular flexibility index (Phi) is 4.50. The first-order valence-electron chi connectivity index (χ1n) is 8.83. The van der Waals surface area contributed by atoms with Crippen LogP contribution in [0.15, 0.2) is 53.1 Å². The van der Waals surface area contributed by atoms with E-state index in [4.69, 9.17) is 14.0 Å². The third-order valence-corrected chi connectivity index (χ3v) is 4.97. The molecule has 28 heavy (non-hydrogen) atoms. The Morgan fingerprint density at radius 1 is 1.11 bits per heavy atom. The topological polar surface area (TPSA) is 73.6 Å². The van der Waals surface area contributed by atoms with Crippen LogP contribution in [0.1, 0.15) is 18.5 Å². The van der Waals surface area contributed by atoms with E-state index in [1.165, 1.54) is 13.2 Å². The van der Waals surface area contributed by atoms with Gasteiger partial charge in [0.2, 0.25) is 5.91 Å². The minimum absolute atomic E-state index is 0.187. The monoisotopic (exact) mass is 382 g/mol. The highest BCUT2D eigenvalue weighted by molar-refractivity contribution is 6.01. The molecule has 6 nitrogen and oxygen atoms in total. The van der Waals surface area contributed by atoms with Crippen LogP contribution in [0.5, 0.6) is 11.5 Å². The Morgan fingerprint density at radius 2 is 1.86 bits per heavy atom. The van der Waals surface area contributed by atoms with Crippen LogP contribution < -0.4 is 14.8 Å². The zero-order chi connectivity index (χ0) is 19.7. The second kappa shape index (κ2) is 6.99. The smallest absolute Gasteiger partial charge is 0.236 e. The number of halogens is 1. The van der Waals surface area contributed by atoms with Crippen LogP contribution in [0, 0.1) is 5.82 Å². The van der Waals surface area contributed by atoms with Crippen LogP contribution in [0.2, 0.25) is 0 Å². The van der Waals surface area contributed by atoms with E-state index >= 15 is 0 Å². The van der Waals surface area contributed by atoms with Gasteiger partial charge in [-0.1, -0.05) is 17.3 Å². The van der Waals surface area contributed by atoms with Gasteiger partial charge in [-0.15, -0.1) is 0 Å². The van der Waals surface area contributed by atoms with E-state index in [9.17, 15) is 9.18 Å². The van der Waals surface area contributed by atoms with E-state index in [-0.39, 0.29) is 5.91 Å². The number of benzene rings is 2. The average Bonchev–Trinajstić information content (AvgIpc) is 3.39. The van der Waals surface area contributed by atoms with Gasteiger partial charge in [0, 0.05) is 17.8 Å². The van der Waals surface area contributed by atoms with Gasteiger partial charge < -0.3 is 19.3 Å². The van der Waals surface area contributed by atoms with E-state index < -0.39 is 11.2 Å². The van der Waals surface area contributed by atoms with Crippen molar-refractivity contribution >= 4 is 11.6 Å². The molecule has 0 saturated heterocycles. The van der Waals surface area contributed by atoms with E-state index in [1.54, 1.807) is 49.6 Å². The molecule has 0 radical (unpaired) electrons. The number of methoxy groups -OCH3 is 2. The van der Waals surface area contributed by atoms with E-state index in [0.717, 1.165) is 0 Å². The van der Waals surface area contributed by atoms with Crippen LogP contribution in [0.3, 0.4) is 0 Å². The first-order valence-corrected chi connectivity index (χ1v) is 8.83. The lowest BCUT2D eigenvalue weighted by Crippen LogP contribution is -2.28. The number of hydrogen-bond acceptors (Lipinski definition) is 5. The first-order chi connectivity index (χ1) is 13.6. The van der Waals surface area contributed by atoms with Crippen molar-refractivity contribution in [3.8, 4) is 22.8 Å². The molecule has 1 aliphatic carbocycles. The number of aromatic nitrogens is 1. The average molecular weight is 382 g/mol. The third kappa shape index (κ3) is 3.09. The molecule has 1 fully saturated rings. The van der Waals surface area contributed by atoms with Crippen LogP contribution in [0.25, 0.3) is 11.3 Å². The summed E-state index contributed by atoms with van der Waals surface area (Å²) < 4.78 is 29.8. The number of carbonyl (C=O) groups is 1. The molecular formula is C21H19FN2O4. The standard InChI is InChI=1S/C21H19FN2O4/c1-26-16-8-7-13(11-18(16)27-2)23-20(25)21(9-10-21)19-12-17(28-24-19)14-5-3-4-6-15(14)22/h3-8,11-12H,9-10H2,1-2H3,(H,23,25). The fraction of sp³-hybridized carbons (Fsp3) is 0.238. The van der Waals surface area contributed by atoms with Gasteiger partial charge in [0.05, 0.1) is 30.9 Å². The Balaban J connectivity index is 1.56. The van der Waals surface area contributed by atoms with Crippen molar-refractivity contribution in [3.05, 3.63) is 60.0 Å². The maximum absolute atomic E-state index is 14.0. The number of nitrogens with zero attached hydrogens (tertiary/aromatic N) is 1. The Hall–Kier alpha value is -3.35. The zero-order valence-corrected chi connectivity index (χ0v) is 15.5. The summed E-state index contributed by atoms with van der Waals surface area (Å²) in [5.74, 6) is 0.817. The molecule has 0 atom stereocenters. The number of nitrogens with one attached hydrogen (secondary N) is 1. The molecule has 1 amide bonds. The molecule has 144 valence electrons. The fourth-order valence-electron chi connectivity index (χ4n) is 3.18. The maximum Gasteiger partial charge on any atom is 0.236 e. The summed E-state index contributed by atoms with van der Waals surface area (Å²) in [7, 11) is 3.08. The van der Waals surface area contributed by atoms with E-state index in [0.29, 0.717) is 47.0 Å². The van der Waals surface area contributed by atoms with Gasteiger partial charge in [0.25, 0.3) is 0 Å². The fourth-order valence-corrected chi connectivity index (χ4v) is 3.18. The van der Waals surface area contributed by atoms with Crippen LogP contribution in [-0.2, 0) is 10.2 Å². The molecule has 0 unspecified atom stereocenters. The summed E-state index contributed by atoms with van der Waals surface area (Å²) in [6.45, 7) is 0. The van der Waals surface area contributed by atoms with Crippen molar-refractivity contribution < 1.29 is 23.2 Å². The van der Waals surface area contributed by atoms with Crippen molar-refractivity contribution in [2.75, 3.05) is 19.5 Å². The van der Waals surface area contributed by atoms with Gasteiger partial charge in [-0.05, 0) is 37.1 Å². The predicted octanol–water partition coefficient (Wildman–Crippen LogP) is 4.17. The number of hydrogen-bond donors (Lipinski definition) is 1. The van der Waals surface area contributed by atoms with Crippen molar-refractivity contribution in [1.82, 2.24) is 5.16 Å². The SMILES string of the molecule is COc1ccc(NC(=O)C2(c3cc(-c4ccccc4F)on3)CC2)cc1OC. The summed E-state index contributed by atoms with van der Waals surface area (Å²) in [6.07, 6.45) is 1.30. The van der Waals surface area contributed by atoms with Gasteiger partial charge in [-0.3, -0.25) is 4.79 Å². The Bertz CT molecular complexity index is 1030. The van der Waals surface area contributed by atoms with Crippen molar-refractivity contribution in [2.45, 2.75) is 18.3 Å². The van der Waals surface area contributed by atoms with Crippen LogP contribution in [0.4, 0.5) is 10.1 Å². The molecular weight excluding hydrogens is 363 g/mol. The van der Waals surface area contributed by atoms with Crippen LogP contribution in [-0.4, -0.2) is 25.3 Å². The first kappa shape index (κ1) is 18.0. The minimum Gasteiger partial charge on any atom is -0.493 e. The number of amides is 1. The number of ether oxygens (including phenoxy) is 2. The molecule has 1 N–H and O–H groups in total. The molecule has 7 heteroatoms. The lowest BCUT2D eigenvalue weighted by molar-refractivity contribution is -0.118. The molecule has 1 aliphatic rings. The second-order valence-electron chi connectivity index (χ2n) is 6.66. The quantitative estimate of drug-likeness (QED) is 0.693. The lowest BCUT2D eigenvalue weighted by atomic mass is 10.00. The van der Waals surface area contributed by atoms with E-state index in [2.05, 4.69) is 10.5 Å². The van der Waals surface area contributed by atoms with Gasteiger partial charge in [0.1, 0.15) is 5.82 Å². The number of anilines is 1. The lowest BCUT2D eigenvalue weighted by Gasteiger charge is -2.14. The zero-order valence-electron chi connectivity index (χ0n) is 15.5. The van der Waals surface area contributed by atoms with Gasteiger partial charge >= 0.3 is 0 Å². The molecule has 2 aromatic carbocycles. The second-order valence-corrected chi connectivity index (χ2v) is 6.66. The molecule has 1 saturated carbocycles. The molecule has 1 aromatic heterocycles.